The smallest absolute Gasteiger partial charge is 0.244 e. The van der Waals surface area contributed by atoms with Crippen molar-refractivity contribution >= 4 is 11.9 Å². The summed E-state index contributed by atoms with van der Waals surface area (Å²) in [6.07, 6.45) is 4.24. The van der Waals surface area contributed by atoms with Gasteiger partial charge in [-0.25, -0.2) is 4.99 Å². The zero-order valence-corrected chi connectivity index (χ0v) is 16.8. The number of benzene rings is 1. The van der Waals surface area contributed by atoms with E-state index in [-0.39, 0.29) is 24.1 Å². The third-order valence-corrected chi connectivity index (χ3v) is 5.11. The molecule has 2 aliphatic heterocycles. The Balaban J connectivity index is 1.71. The molecule has 6 nitrogen and oxygen atoms in total. The lowest BCUT2D eigenvalue weighted by Crippen LogP contribution is -2.46. The number of fused-ring (bicyclic) bond motifs is 1. The van der Waals surface area contributed by atoms with Gasteiger partial charge in [0.1, 0.15) is 17.9 Å². The van der Waals surface area contributed by atoms with Gasteiger partial charge in [0.15, 0.2) is 5.96 Å². The van der Waals surface area contributed by atoms with E-state index in [4.69, 9.17) is 4.74 Å². The fourth-order valence-corrected chi connectivity index (χ4v) is 3.81. The number of carbonyl (C=O) groups excluding carboxylic acids is 1. The quantitative estimate of drug-likeness (QED) is 0.630. The molecule has 27 heavy (non-hydrogen) atoms. The van der Waals surface area contributed by atoms with Gasteiger partial charge in [0.05, 0.1) is 6.04 Å². The third kappa shape index (κ3) is 5.15. The molecular formula is C21H32N4O2. The summed E-state index contributed by atoms with van der Waals surface area (Å²) in [5, 5.41) is 6.79. The first kappa shape index (κ1) is 19.5. The molecule has 2 N–H and O–H groups in total. The second-order valence-electron chi connectivity index (χ2n) is 7.94. The van der Waals surface area contributed by atoms with Gasteiger partial charge >= 0.3 is 0 Å². The van der Waals surface area contributed by atoms with Gasteiger partial charge in [0, 0.05) is 31.6 Å². The molecule has 1 aromatic carbocycles. The molecule has 1 unspecified atom stereocenters. The van der Waals surface area contributed by atoms with Crippen LogP contribution in [-0.2, 0) is 4.79 Å². The predicted octanol–water partition coefficient (Wildman–Crippen LogP) is 2.86. The fraction of sp³-hybridized carbons (Fsp3) is 0.619. The Morgan fingerprint density at radius 1 is 1.26 bits per heavy atom. The lowest BCUT2D eigenvalue weighted by molar-refractivity contribution is -0.130. The van der Waals surface area contributed by atoms with Crippen molar-refractivity contribution in [2.24, 2.45) is 4.99 Å². The molecule has 148 valence electrons. The molecule has 1 amide bonds. The molecule has 6 heteroatoms. The Kier molecular flexibility index (Phi) is 6.24. The lowest BCUT2D eigenvalue weighted by Gasteiger charge is -2.38. The van der Waals surface area contributed by atoms with Gasteiger partial charge < -0.3 is 20.3 Å². The van der Waals surface area contributed by atoms with Gasteiger partial charge in [0.2, 0.25) is 5.91 Å². The van der Waals surface area contributed by atoms with Gasteiger partial charge in [-0.2, -0.15) is 0 Å². The third-order valence-electron chi connectivity index (χ3n) is 5.11. The van der Waals surface area contributed by atoms with Crippen LogP contribution in [0, 0.1) is 0 Å². The summed E-state index contributed by atoms with van der Waals surface area (Å²) in [5.41, 5.74) is 0.872. The Morgan fingerprint density at radius 3 is 2.74 bits per heavy atom. The summed E-state index contributed by atoms with van der Waals surface area (Å²) in [7, 11) is 0. The Morgan fingerprint density at radius 2 is 2.00 bits per heavy atom. The molecule has 3 rings (SSSR count). The first-order valence-corrected chi connectivity index (χ1v) is 10.1. The standard InChI is InChI=1S/C21H32N4O2/c1-4-22-20(23-15-19(26)25-12-8-5-9-13-25)24-17-14-21(2,3)27-18-11-7-6-10-16(17)18/h6-7,10-11,17H,4-5,8-9,12-15H2,1-3H3,(H2,22,23,24). The van der Waals surface area contributed by atoms with Crippen LogP contribution < -0.4 is 15.4 Å². The van der Waals surface area contributed by atoms with Crippen LogP contribution in [-0.4, -0.2) is 48.5 Å². The maximum atomic E-state index is 12.4. The molecule has 1 atom stereocenters. The zero-order chi connectivity index (χ0) is 19.3. The number of carbonyl (C=O) groups is 1. The van der Waals surface area contributed by atoms with E-state index in [1.165, 1.54) is 6.42 Å². The summed E-state index contributed by atoms with van der Waals surface area (Å²) in [6.45, 7) is 8.88. The number of ether oxygens (including phenoxy) is 1. The van der Waals surface area contributed by atoms with E-state index < -0.39 is 0 Å². The molecule has 0 aliphatic carbocycles. The van der Waals surface area contributed by atoms with Crippen molar-refractivity contribution in [2.75, 3.05) is 26.2 Å². The minimum absolute atomic E-state index is 0.0906. The molecule has 1 aromatic rings. The maximum Gasteiger partial charge on any atom is 0.244 e. The Labute approximate surface area is 162 Å². The molecule has 0 radical (unpaired) electrons. The van der Waals surface area contributed by atoms with Crippen molar-refractivity contribution in [3.8, 4) is 5.75 Å². The molecule has 2 aliphatic rings. The van der Waals surface area contributed by atoms with Crippen LogP contribution in [0.25, 0.3) is 0 Å². The van der Waals surface area contributed by atoms with Crippen LogP contribution in [0.5, 0.6) is 5.75 Å². The van der Waals surface area contributed by atoms with Gasteiger partial charge in [-0.05, 0) is 46.1 Å². The van der Waals surface area contributed by atoms with Crippen molar-refractivity contribution < 1.29 is 9.53 Å². The normalized spacial score (nSPS) is 21.8. The van der Waals surface area contributed by atoms with Crippen LogP contribution in [0.2, 0.25) is 0 Å². The van der Waals surface area contributed by atoms with Crippen molar-refractivity contribution in [2.45, 2.75) is 58.1 Å². The number of likely N-dealkylation sites (tertiary alicyclic amines) is 1. The molecule has 1 fully saturated rings. The molecule has 0 bridgehead atoms. The Bertz CT molecular complexity index is 681. The van der Waals surface area contributed by atoms with Crippen LogP contribution in [0.1, 0.15) is 58.1 Å². The minimum Gasteiger partial charge on any atom is -0.487 e. The summed E-state index contributed by atoms with van der Waals surface area (Å²) in [5.74, 6) is 1.70. The second-order valence-corrected chi connectivity index (χ2v) is 7.94. The van der Waals surface area contributed by atoms with Crippen LogP contribution in [0.4, 0.5) is 0 Å². The summed E-state index contributed by atoms with van der Waals surface area (Å²) in [6, 6.07) is 8.21. The second kappa shape index (κ2) is 8.63. The molecule has 1 saturated heterocycles. The number of nitrogens with one attached hydrogen (secondary N) is 2. The minimum atomic E-state index is -0.257. The van der Waals surface area contributed by atoms with Gasteiger partial charge in [-0.15, -0.1) is 0 Å². The topological polar surface area (TPSA) is 66.0 Å². The Hall–Kier alpha value is -2.24. The fourth-order valence-electron chi connectivity index (χ4n) is 3.81. The first-order valence-electron chi connectivity index (χ1n) is 10.1. The molecular weight excluding hydrogens is 340 g/mol. The molecule has 2 heterocycles. The summed E-state index contributed by atoms with van der Waals surface area (Å²) < 4.78 is 6.11. The van der Waals surface area contributed by atoms with Gasteiger partial charge in [-0.1, -0.05) is 18.2 Å². The highest BCUT2D eigenvalue weighted by Gasteiger charge is 2.34. The van der Waals surface area contributed by atoms with Crippen LogP contribution >= 0.6 is 0 Å². The van der Waals surface area contributed by atoms with E-state index in [2.05, 4.69) is 35.5 Å². The number of para-hydroxylation sites is 1. The molecule has 0 aromatic heterocycles. The van der Waals surface area contributed by atoms with Crippen molar-refractivity contribution in [1.82, 2.24) is 15.5 Å². The first-order chi connectivity index (χ1) is 13.0. The monoisotopic (exact) mass is 372 g/mol. The number of nitrogens with zero attached hydrogens (tertiary/aromatic N) is 2. The SMILES string of the molecule is CCNC(=NCC(=O)N1CCCCC1)NC1CC(C)(C)Oc2ccccc21. The number of piperidine rings is 1. The van der Waals surface area contributed by atoms with E-state index in [0.717, 1.165) is 50.2 Å². The number of hydrogen-bond acceptors (Lipinski definition) is 3. The number of rotatable bonds is 4. The van der Waals surface area contributed by atoms with Crippen LogP contribution in [0.15, 0.2) is 29.3 Å². The highest BCUT2D eigenvalue weighted by Crippen LogP contribution is 2.39. The van der Waals surface area contributed by atoms with Crippen LogP contribution in [0.3, 0.4) is 0 Å². The predicted molar refractivity (Wildman–Crippen MR) is 108 cm³/mol. The zero-order valence-electron chi connectivity index (χ0n) is 16.8. The van der Waals surface area contributed by atoms with Crippen molar-refractivity contribution in [3.63, 3.8) is 0 Å². The number of aliphatic imine (C=N–C) groups is 1. The molecule has 0 spiro atoms. The molecule has 0 saturated carbocycles. The summed E-state index contributed by atoms with van der Waals surface area (Å²) >= 11 is 0. The van der Waals surface area contributed by atoms with E-state index in [0.29, 0.717) is 5.96 Å². The highest BCUT2D eigenvalue weighted by atomic mass is 16.5. The maximum absolute atomic E-state index is 12.4. The van der Waals surface area contributed by atoms with E-state index in [1.807, 2.05) is 30.0 Å². The average Bonchev–Trinajstić information content (AvgIpc) is 2.66. The highest BCUT2D eigenvalue weighted by molar-refractivity contribution is 5.85. The number of hydrogen-bond donors (Lipinski definition) is 2. The van der Waals surface area contributed by atoms with Gasteiger partial charge in [0.25, 0.3) is 0 Å². The lowest BCUT2D eigenvalue weighted by atomic mass is 9.90. The van der Waals surface area contributed by atoms with E-state index >= 15 is 0 Å². The van der Waals surface area contributed by atoms with E-state index in [1.54, 1.807) is 0 Å². The average molecular weight is 373 g/mol. The van der Waals surface area contributed by atoms with E-state index in [9.17, 15) is 4.79 Å². The van der Waals surface area contributed by atoms with Crippen molar-refractivity contribution in [3.05, 3.63) is 29.8 Å². The largest absolute Gasteiger partial charge is 0.487 e. The number of amides is 1. The van der Waals surface area contributed by atoms with Crippen molar-refractivity contribution in [1.29, 1.82) is 0 Å². The number of guanidine groups is 1. The summed E-state index contributed by atoms with van der Waals surface area (Å²) in [4.78, 5) is 18.9. The van der Waals surface area contributed by atoms with Gasteiger partial charge in [-0.3, -0.25) is 4.79 Å².